The van der Waals surface area contributed by atoms with Crippen LogP contribution in [0.2, 0.25) is 0 Å². The summed E-state index contributed by atoms with van der Waals surface area (Å²) in [7, 11) is 0. The number of carbonyl (C=O) groups excluding carboxylic acids is 1. The molecule has 0 aromatic heterocycles. The van der Waals surface area contributed by atoms with Gasteiger partial charge in [0, 0.05) is 6.42 Å². The van der Waals surface area contributed by atoms with E-state index in [1.165, 1.54) is 0 Å². The molecule has 0 N–H and O–H groups in total. The Morgan fingerprint density at radius 2 is 2.04 bits per heavy atom. The summed E-state index contributed by atoms with van der Waals surface area (Å²) in [6, 6.07) is 10.0. The predicted octanol–water partition coefficient (Wildman–Crippen LogP) is 3.33. The van der Waals surface area contributed by atoms with Crippen molar-refractivity contribution in [1.82, 2.24) is 0 Å². The quantitative estimate of drug-likeness (QED) is 0.766. The third kappa shape index (κ3) is 4.69. The lowest BCUT2D eigenvalue weighted by molar-refractivity contribution is -0.158. The van der Waals surface area contributed by atoms with Crippen LogP contribution in [0, 0.1) is 0 Å². The Hall–Kier alpha value is -1.69. The molecule has 0 aliphatic carbocycles. The second-order valence-electron chi connectivity index (χ2n) is 6.88. The summed E-state index contributed by atoms with van der Waals surface area (Å²) in [6.45, 7) is 5.99. The third-order valence-electron chi connectivity index (χ3n) is 4.37. The molecule has 0 spiro atoms. The zero-order chi connectivity index (χ0) is 17.9. The predicted molar refractivity (Wildman–Crippen MR) is 93.8 cm³/mol. The molecule has 136 valence electrons. The van der Waals surface area contributed by atoms with Crippen LogP contribution in [0.25, 0.3) is 6.08 Å². The summed E-state index contributed by atoms with van der Waals surface area (Å²) >= 11 is 0. The largest absolute Gasteiger partial charge is 0.466 e. The molecule has 2 aliphatic heterocycles. The van der Waals surface area contributed by atoms with Crippen LogP contribution in [-0.4, -0.2) is 42.8 Å². The topological polar surface area (TPSA) is 54.0 Å². The fraction of sp³-hybridized carbons (Fsp3) is 0.550. The minimum Gasteiger partial charge on any atom is -0.466 e. The van der Waals surface area contributed by atoms with Gasteiger partial charge < -0.3 is 18.9 Å². The van der Waals surface area contributed by atoms with Crippen LogP contribution in [-0.2, 0) is 23.7 Å². The summed E-state index contributed by atoms with van der Waals surface area (Å²) in [6.07, 6.45) is 4.11. The van der Waals surface area contributed by atoms with Crippen molar-refractivity contribution in [3.63, 3.8) is 0 Å². The van der Waals surface area contributed by atoms with Crippen LogP contribution in [0.4, 0.5) is 0 Å². The molecule has 5 nitrogen and oxygen atoms in total. The first-order chi connectivity index (χ1) is 12.0. The number of esters is 1. The van der Waals surface area contributed by atoms with Gasteiger partial charge >= 0.3 is 5.97 Å². The monoisotopic (exact) mass is 346 g/mol. The normalized spacial score (nSPS) is 31.0. The number of fused-ring (bicyclic) bond motifs is 1. The molecule has 0 amide bonds. The van der Waals surface area contributed by atoms with Crippen LogP contribution < -0.4 is 0 Å². The Labute approximate surface area is 148 Å². The maximum Gasteiger partial charge on any atom is 0.308 e. The van der Waals surface area contributed by atoms with Gasteiger partial charge in [0.05, 0.1) is 25.2 Å². The first-order valence-corrected chi connectivity index (χ1v) is 8.87. The number of rotatable bonds is 5. The molecular formula is C20H26O5. The summed E-state index contributed by atoms with van der Waals surface area (Å²) in [5.74, 6) is -0.883. The second kappa shape index (κ2) is 7.68. The molecule has 1 aromatic rings. The van der Waals surface area contributed by atoms with Crippen molar-refractivity contribution in [1.29, 1.82) is 0 Å². The van der Waals surface area contributed by atoms with E-state index >= 15 is 0 Å². The number of ether oxygens (including phenoxy) is 4. The van der Waals surface area contributed by atoms with E-state index in [2.05, 4.69) is 0 Å². The summed E-state index contributed by atoms with van der Waals surface area (Å²) in [5.41, 5.74) is 1.09. The van der Waals surface area contributed by atoms with Crippen LogP contribution in [0.3, 0.4) is 0 Å². The number of carbonyl (C=O) groups is 1. The van der Waals surface area contributed by atoms with Crippen molar-refractivity contribution in [2.75, 3.05) is 6.61 Å². The van der Waals surface area contributed by atoms with E-state index in [9.17, 15) is 4.79 Å². The summed E-state index contributed by atoms with van der Waals surface area (Å²) < 4.78 is 23.3. The number of hydrogen-bond acceptors (Lipinski definition) is 5. The van der Waals surface area contributed by atoms with E-state index in [1.54, 1.807) is 6.92 Å². The van der Waals surface area contributed by atoms with Crippen molar-refractivity contribution >= 4 is 12.0 Å². The summed E-state index contributed by atoms with van der Waals surface area (Å²) in [5, 5.41) is 0. The van der Waals surface area contributed by atoms with Crippen LogP contribution in [0.5, 0.6) is 0 Å². The SMILES string of the molecule is CCOC(=O)C[C@H]1C[C@H]2OC(C)(C)O[C@H]2[C@H](/C=C/c2ccccc2)O1. The molecule has 0 saturated carbocycles. The van der Waals surface area contributed by atoms with E-state index in [0.717, 1.165) is 5.56 Å². The lowest BCUT2D eigenvalue weighted by Gasteiger charge is -2.35. The van der Waals surface area contributed by atoms with Gasteiger partial charge in [0.2, 0.25) is 0 Å². The van der Waals surface area contributed by atoms with E-state index in [1.807, 2.05) is 56.3 Å². The van der Waals surface area contributed by atoms with Gasteiger partial charge in [-0.25, -0.2) is 0 Å². The zero-order valence-corrected chi connectivity index (χ0v) is 15.0. The lowest BCUT2D eigenvalue weighted by Crippen LogP contribution is -2.46. The van der Waals surface area contributed by atoms with E-state index in [0.29, 0.717) is 13.0 Å². The highest BCUT2D eigenvalue weighted by Gasteiger charge is 2.49. The Bertz CT molecular complexity index is 610. The van der Waals surface area contributed by atoms with Crippen molar-refractivity contribution < 1.29 is 23.7 Å². The lowest BCUT2D eigenvalue weighted by atomic mass is 9.95. The van der Waals surface area contributed by atoms with Gasteiger partial charge in [-0.2, -0.15) is 0 Å². The van der Waals surface area contributed by atoms with Crippen LogP contribution >= 0.6 is 0 Å². The molecule has 2 aliphatic rings. The molecule has 0 radical (unpaired) electrons. The maximum atomic E-state index is 11.8. The van der Waals surface area contributed by atoms with Crippen LogP contribution in [0.1, 0.15) is 39.2 Å². The molecule has 5 heteroatoms. The van der Waals surface area contributed by atoms with E-state index in [4.69, 9.17) is 18.9 Å². The molecule has 1 aromatic carbocycles. The molecule has 2 fully saturated rings. The fourth-order valence-corrected chi connectivity index (χ4v) is 3.40. The molecule has 3 rings (SSSR count). The minimum atomic E-state index is -0.643. The average Bonchev–Trinajstić information content (AvgIpc) is 2.88. The Morgan fingerprint density at radius 1 is 1.28 bits per heavy atom. The first kappa shape index (κ1) is 18.1. The van der Waals surface area contributed by atoms with Crippen molar-refractivity contribution in [3.8, 4) is 0 Å². The molecule has 2 heterocycles. The summed E-state index contributed by atoms with van der Waals surface area (Å²) in [4.78, 5) is 11.8. The molecule has 25 heavy (non-hydrogen) atoms. The van der Waals surface area contributed by atoms with Crippen LogP contribution in [0.15, 0.2) is 36.4 Å². The highest BCUT2D eigenvalue weighted by molar-refractivity contribution is 5.70. The van der Waals surface area contributed by atoms with Crippen molar-refractivity contribution in [2.24, 2.45) is 0 Å². The Morgan fingerprint density at radius 3 is 2.76 bits per heavy atom. The third-order valence-corrected chi connectivity index (χ3v) is 4.37. The highest BCUT2D eigenvalue weighted by atomic mass is 16.8. The van der Waals surface area contributed by atoms with Crippen molar-refractivity contribution in [3.05, 3.63) is 42.0 Å². The fourth-order valence-electron chi connectivity index (χ4n) is 3.40. The Kier molecular flexibility index (Phi) is 5.57. The maximum absolute atomic E-state index is 11.8. The minimum absolute atomic E-state index is 0.0893. The van der Waals surface area contributed by atoms with Gasteiger partial charge in [-0.05, 0) is 26.3 Å². The van der Waals surface area contributed by atoms with Gasteiger partial charge in [-0.3, -0.25) is 4.79 Å². The molecule has 2 saturated heterocycles. The second-order valence-corrected chi connectivity index (χ2v) is 6.88. The molecule has 4 atom stereocenters. The van der Waals surface area contributed by atoms with Gasteiger partial charge in [-0.15, -0.1) is 0 Å². The Balaban J connectivity index is 1.73. The number of benzene rings is 1. The molecule has 0 unspecified atom stereocenters. The average molecular weight is 346 g/mol. The number of hydrogen-bond donors (Lipinski definition) is 0. The van der Waals surface area contributed by atoms with E-state index in [-0.39, 0.29) is 36.8 Å². The van der Waals surface area contributed by atoms with Gasteiger partial charge in [0.1, 0.15) is 12.2 Å². The van der Waals surface area contributed by atoms with Crippen molar-refractivity contribution in [2.45, 2.75) is 63.8 Å². The molecular weight excluding hydrogens is 320 g/mol. The van der Waals surface area contributed by atoms with Gasteiger partial charge in [-0.1, -0.05) is 42.5 Å². The smallest absolute Gasteiger partial charge is 0.308 e. The van der Waals surface area contributed by atoms with E-state index < -0.39 is 5.79 Å². The zero-order valence-electron chi connectivity index (χ0n) is 15.0. The molecule has 0 bridgehead atoms. The standard InChI is InChI=1S/C20H26O5/c1-4-22-18(21)13-15-12-17-19(25-20(2,3)24-17)16(23-15)11-10-14-8-6-5-7-9-14/h5-11,15-17,19H,4,12-13H2,1-3H3/b11-10+/t15-,16+,17-,19+/m1/s1. The van der Waals surface area contributed by atoms with Gasteiger partial charge in [0.25, 0.3) is 0 Å². The van der Waals surface area contributed by atoms with Gasteiger partial charge in [0.15, 0.2) is 5.79 Å². The highest BCUT2D eigenvalue weighted by Crippen LogP contribution is 2.38. The first-order valence-electron chi connectivity index (χ1n) is 8.87.